The lowest BCUT2D eigenvalue weighted by atomic mass is 9.97. The average Bonchev–Trinajstić information content (AvgIpc) is 2.24. The molecular formula is C13H28N2O. The minimum Gasteiger partial charge on any atom is -0.390 e. The van der Waals surface area contributed by atoms with Gasteiger partial charge in [-0.15, -0.1) is 0 Å². The maximum absolute atomic E-state index is 9.73. The summed E-state index contributed by atoms with van der Waals surface area (Å²) in [5.41, 5.74) is -0.526. The fraction of sp³-hybridized carbons (Fsp3) is 1.00. The number of piperidine rings is 1. The second kappa shape index (κ2) is 6.58. The number of rotatable bonds is 6. The van der Waals surface area contributed by atoms with E-state index in [1.807, 2.05) is 13.8 Å². The fourth-order valence-corrected chi connectivity index (χ4v) is 2.24. The Labute approximate surface area is 100 Å². The van der Waals surface area contributed by atoms with Crippen LogP contribution in [0, 0.1) is 5.92 Å². The van der Waals surface area contributed by atoms with Gasteiger partial charge >= 0.3 is 0 Å². The molecule has 96 valence electrons. The molecule has 0 aliphatic carbocycles. The molecule has 1 saturated heterocycles. The molecule has 1 fully saturated rings. The van der Waals surface area contributed by atoms with Crippen LogP contribution in [0.4, 0.5) is 0 Å². The molecule has 1 heterocycles. The van der Waals surface area contributed by atoms with Gasteiger partial charge in [0.15, 0.2) is 0 Å². The Morgan fingerprint density at radius 2 is 1.94 bits per heavy atom. The molecule has 0 amide bonds. The van der Waals surface area contributed by atoms with Crippen molar-refractivity contribution in [2.45, 2.75) is 45.6 Å². The number of hydrogen-bond donors (Lipinski definition) is 2. The minimum absolute atomic E-state index is 0.526. The molecule has 0 aromatic heterocycles. The van der Waals surface area contributed by atoms with E-state index in [-0.39, 0.29) is 0 Å². The van der Waals surface area contributed by atoms with Crippen LogP contribution < -0.4 is 5.32 Å². The molecule has 1 rings (SSSR count). The van der Waals surface area contributed by atoms with Gasteiger partial charge in [0.05, 0.1) is 5.60 Å². The Hall–Kier alpha value is -0.120. The van der Waals surface area contributed by atoms with Gasteiger partial charge in [-0.2, -0.15) is 0 Å². The van der Waals surface area contributed by atoms with Gasteiger partial charge in [-0.3, -0.25) is 0 Å². The van der Waals surface area contributed by atoms with E-state index in [2.05, 4.69) is 17.1 Å². The Balaban J connectivity index is 2.25. The summed E-state index contributed by atoms with van der Waals surface area (Å²) >= 11 is 0. The molecule has 1 aliphatic heterocycles. The molecule has 2 N–H and O–H groups in total. The lowest BCUT2D eigenvalue weighted by Gasteiger charge is -2.30. The highest BCUT2D eigenvalue weighted by atomic mass is 16.3. The quantitative estimate of drug-likeness (QED) is 0.722. The lowest BCUT2D eigenvalue weighted by Crippen LogP contribution is -2.38. The van der Waals surface area contributed by atoms with Crippen molar-refractivity contribution in [2.24, 2.45) is 5.92 Å². The average molecular weight is 228 g/mol. The highest BCUT2D eigenvalue weighted by Crippen LogP contribution is 2.15. The molecular weight excluding hydrogens is 200 g/mol. The molecule has 0 saturated carbocycles. The Morgan fingerprint density at radius 1 is 1.31 bits per heavy atom. The van der Waals surface area contributed by atoms with Crippen molar-refractivity contribution in [1.29, 1.82) is 0 Å². The van der Waals surface area contributed by atoms with Crippen molar-refractivity contribution >= 4 is 0 Å². The number of nitrogens with one attached hydrogen (secondary N) is 1. The Kier molecular flexibility index (Phi) is 5.73. The monoisotopic (exact) mass is 228 g/mol. The number of nitrogens with zero attached hydrogens (tertiary/aromatic N) is 1. The third-order valence-electron chi connectivity index (χ3n) is 3.46. The van der Waals surface area contributed by atoms with Gasteiger partial charge in [0.1, 0.15) is 0 Å². The lowest BCUT2D eigenvalue weighted by molar-refractivity contribution is 0.0553. The molecule has 0 aromatic carbocycles. The standard InChI is InChI=1S/C13H28N2O/c1-4-15(10-7-13(2,3)16)11-12-5-8-14-9-6-12/h12,14,16H,4-11H2,1-3H3. The zero-order chi connectivity index (χ0) is 12.0. The fourth-order valence-electron chi connectivity index (χ4n) is 2.24. The van der Waals surface area contributed by atoms with Crippen LogP contribution in [0.15, 0.2) is 0 Å². The van der Waals surface area contributed by atoms with Gasteiger partial charge in [-0.1, -0.05) is 6.92 Å². The van der Waals surface area contributed by atoms with Gasteiger partial charge in [-0.05, 0) is 58.7 Å². The van der Waals surface area contributed by atoms with Crippen LogP contribution in [0.5, 0.6) is 0 Å². The third kappa shape index (κ3) is 5.83. The first-order chi connectivity index (χ1) is 7.51. The first-order valence-corrected chi connectivity index (χ1v) is 6.66. The smallest absolute Gasteiger partial charge is 0.0603 e. The van der Waals surface area contributed by atoms with Crippen molar-refractivity contribution in [3.05, 3.63) is 0 Å². The summed E-state index contributed by atoms with van der Waals surface area (Å²) in [5, 5.41) is 13.1. The predicted molar refractivity (Wildman–Crippen MR) is 68.6 cm³/mol. The van der Waals surface area contributed by atoms with Crippen LogP contribution in [-0.2, 0) is 0 Å². The molecule has 3 nitrogen and oxygen atoms in total. The summed E-state index contributed by atoms with van der Waals surface area (Å²) in [7, 11) is 0. The normalized spacial score (nSPS) is 19.3. The molecule has 0 aromatic rings. The predicted octanol–water partition coefficient (Wildman–Crippen LogP) is 1.47. The van der Waals surface area contributed by atoms with Gasteiger partial charge < -0.3 is 15.3 Å². The van der Waals surface area contributed by atoms with Crippen LogP contribution >= 0.6 is 0 Å². The van der Waals surface area contributed by atoms with Crippen LogP contribution in [0.3, 0.4) is 0 Å². The second-order valence-electron chi connectivity index (χ2n) is 5.65. The summed E-state index contributed by atoms with van der Waals surface area (Å²) in [4.78, 5) is 2.48. The highest BCUT2D eigenvalue weighted by molar-refractivity contribution is 4.74. The van der Waals surface area contributed by atoms with E-state index in [1.54, 1.807) is 0 Å². The zero-order valence-corrected chi connectivity index (χ0v) is 11.1. The SMILES string of the molecule is CCN(CCC(C)(C)O)CC1CCNCC1. The molecule has 3 heteroatoms. The summed E-state index contributed by atoms with van der Waals surface area (Å²) in [6, 6.07) is 0. The van der Waals surface area contributed by atoms with Crippen molar-refractivity contribution in [2.75, 3.05) is 32.7 Å². The van der Waals surface area contributed by atoms with Crippen LogP contribution in [0.1, 0.15) is 40.0 Å². The molecule has 0 bridgehead atoms. The van der Waals surface area contributed by atoms with E-state index in [9.17, 15) is 5.11 Å². The van der Waals surface area contributed by atoms with Crippen molar-refractivity contribution < 1.29 is 5.11 Å². The molecule has 0 radical (unpaired) electrons. The van der Waals surface area contributed by atoms with Crippen LogP contribution in [0.2, 0.25) is 0 Å². The van der Waals surface area contributed by atoms with E-state index in [4.69, 9.17) is 0 Å². The van der Waals surface area contributed by atoms with Gasteiger partial charge in [-0.25, -0.2) is 0 Å². The number of hydrogen-bond acceptors (Lipinski definition) is 3. The van der Waals surface area contributed by atoms with E-state index < -0.39 is 5.60 Å². The Bertz CT molecular complexity index is 183. The summed E-state index contributed by atoms with van der Waals surface area (Å²) in [6.07, 6.45) is 3.48. The van der Waals surface area contributed by atoms with Gasteiger partial charge in [0, 0.05) is 13.1 Å². The summed E-state index contributed by atoms with van der Waals surface area (Å²) in [6.45, 7) is 11.7. The molecule has 0 spiro atoms. The second-order valence-corrected chi connectivity index (χ2v) is 5.65. The van der Waals surface area contributed by atoms with E-state index in [0.29, 0.717) is 0 Å². The highest BCUT2D eigenvalue weighted by Gasteiger charge is 2.18. The van der Waals surface area contributed by atoms with E-state index in [0.717, 1.165) is 25.4 Å². The molecule has 1 aliphatic rings. The van der Waals surface area contributed by atoms with Crippen molar-refractivity contribution in [3.8, 4) is 0 Å². The molecule has 16 heavy (non-hydrogen) atoms. The molecule has 0 unspecified atom stereocenters. The van der Waals surface area contributed by atoms with Crippen LogP contribution in [0.25, 0.3) is 0 Å². The van der Waals surface area contributed by atoms with Gasteiger partial charge in [0.2, 0.25) is 0 Å². The maximum atomic E-state index is 9.73. The first-order valence-electron chi connectivity index (χ1n) is 6.66. The first kappa shape index (κ1) is 13.9. The summed E-state index contributed by atoms with van der Waals surface area (Å²) in [5.74, 6) is 0.850. The third-order valence-corrected chi connectivity index (χ3v) is 3.46. The topological polar surface area (TPSA) is 35.5 Å². The maximum Gasteiger partial charge on any atom is 0.0603 e. The van der Waals surface area contributed by atoms with E-state index in [1.165, 1.54) is 32.5 Å². The zero-order valence-electron chi connectivity index (χ0n) is 11.1. The van der Waals surface area contributed by atoms with Crippen molar-refractivity contribution in [3.63, 3.8) is 0 Å². The minimum atomic E-state index is -0.526. The van der Waals surface area contributed by atoms with Crippen LogP contribution in [-0.4, -0.2) is 48.3 Å². The summed E-state index contributed by atoms with van der Waals surface area (Å²) < 4.78 is 0. The van der Waals surface area contributed by atoms with Crippen molar-refractivity contribution in [1.82, 2.24) is 10.2 Å². The number of aliphatic hydroxyl groups is 1. The largest absolute Gasteiger partial charge is 0.390 e. The molecule has 0 atom stereocenters. The Morgan fingerprint density at radius 3 is 2.44 bits per heavy atom. The van der Waals surface area contributed by atoms with E-state index >= 15 is 0 Å². The van der Waals surface area contributed by atoms with Gasteiger partial charge in [0.25, 0.3) is 0 Å².